The van der Waals surface area contributed by atoms with E-state index < -0.39 is 0 Å². The molecule has 1 aliphatic carbocycles. The molecule has 6 rings (SSSR count). The number of hydrogen-bond acceptors (Lipinski definition) is 7. The molecule has 2 atom stereocenters. The van der Waals surface area contributed by atoms with E-state index in [9.17, 15) is 4.79 Å². The summed E-state index contributed by atoms with van der Waals surface area (Å²) in [6.45, 7) is 1.41. The molecule has 1 saturated carbocycles. The molecule has 1 aromatic carbocycles. The van der Waals surface area contributed by atoms with Gasteiger partial charge in [0.15, 0.2) is 0 Å². The van der Waals surface area contributed by atoms with E-state index in [4.69, 9.17) is 4.98 Å². The van der Waals surface area contributed by atoms with Crippen LogP contribution >= 0.6 is 23.1 Å². The van der Waals surface area contributed by atoms with E-state index >= 15 is 0 Å². The fourth-order valence-corrected chi connectivity index (χ4v) is 7.00. The van der Waals surface area contributed by atoms with Crippen LogP contribution in [0.3, 0.4) is 0 Å². The van der Waals surface area contributed by atoms with Crippen LogP contribution in [0.4, 0.5) is 0 Å². The number of aromatic nitrogens is 3. The van der Waals surface area contributed by atoms with E-state index in [1.165, 1.54) is 29.8 Å². The molecule has 35 heavy (non-hydrogen) atoms. The number of amides is 1. The van der Waals surface area contributed by atoms with Crippen molar-refractivity contribution in [1.29, 1.82) is 0 Å². The number of carbonyl (C=O) groups is 1. The Balaban J connectivity index is 1.08. The lowest BCUT2D eigenvalue weighted by atomic mass is 9.99. The van der Waals surface area contributed by atoms with E-state index in [0.29, 0.717) is 18.4 Å². The lowest BCUT2D eigenvalue weighted by Crippen LogP contribution is -2.36. The van der Waals surface area contributed by atoms with Gasteiger partial charge in [-0.2, -0.15) is 0 Å². The van der Waals surface area contributed by atoms with E-state index in [0.717, 1.165) is 64.4 Å². The fourth-order valence-electron chi connectivity index (χ4n) is 5.56. The Hall–Kier alpha value is -2.58. The monoisotopic (exact) mass is 503 g/mol. The zero-order valence-corrected chi connectivity index (χ0v) is 21.6. The van der Waals surface area contributed by atoms with Gasteiger partial charge in [-0.05, 0) is 67.5 Å². The Morgan fingerprint density at radius 2 is 2.00 bits per heavy atom. The Bertz CT molecular complexity index is 1310. The van der Waals surface area contributed by atoms with Gasteiger partial charge in [-0.1, -0.05) is 0 Å². The van der Waals surface area contributed by atoms with E-state index in [-0.39, 0.29) is 5.91 Å². The molecule has 4 heterocycles. The van der Waals surface area contributed by atoms with Crippen molar-refractivity contribution >= 4 is 45.4 Å². The van der Waals surface area contributed by atoms with Crippen LogP contribution in [0.15, 0.2) is 51.8 Å². The molecular formula is C27H29N5OS2. The zero-order chi connectivity index (χ0) is 23.8. The van der Waals surface area contributed by atoms with Crippen molar-refractivity contribution in [2.24, 2.45) is 16.8 Å². The van der Waals surface area contributed by atoms with Gasteiger partial charge in [0.1, 0.15) is 5.82 Å². The molecule has 2 aliphatic heterocycles. The molecule has 0 radical (unpaired) electrons. The lowest BCUT2D eigenvalue weighted by molar-refractivity contribution is 0.0763. The fraction of sp³-hybridized carbons (Fsp3) is 0.444. The Morgan fingerprint density at radius 1 is 1.17 bits per heavy atom. The topological polar surface area (TPSA) is 71.3 Å². The highest BCUT2D eigenvalue weighted by Gasteiger charge is 2.27. The molecule has 1 amide bonds. The summed E-state index contributed by atoms with van der Waals surface area (Å²) >= 11 is 3.42. The van der Waals surface area contributed by atoms with Gasteiger partial charge >= 0.3 is 0 Å². The predicted molar refractivity (Wildman–Crippen MR) is 142 cm³/mol. The number of nitrogens with zero attached hydrogens (tertiary/aromatic N) is 5. The first-order chi connectivity index (χ1) is 17.1. The number of fused-ring (bicyclic) bond motifs is 1. The number of benzene rings is 1. The lowest BCUT2D eigenvalue weighted by Gasteiger charge is -2.27. The standard InChI is InChI=1S/C27H29N5OS2/c1-34-21-14-29-25(30-15-21)11-17-2-3-18(10-17)12-26-31-22-5-4-20(13-24(22)35-26)27(33)32-9-7-19-6-8-28-23(19)16-32/h4-5,8,13-15,17-18H,2-3,6-7,9-12,16H2,1H3/t17-,18-/m0/s1. The van der Waals surface area contributed by atoms with Crippen molar-refractivity contribution in [3.8, 4) is 0 Å². The summed E-state index contributed by atoms with van der Waals surface area (Å²) in [6.07, 6.45) is 15.4. The number of aliphatic imine (C=N–C) groups is 1. The second kappa shape index (κ2) is 9.82. The molecule has 3 aromatic rings. The van der Waals surface area contributed by atoms with Crippen molar-refractivity contribution in [3.63, 3.8) is 0 Å². The summed E-state index contributed by atoms with van der Waals surface area (Å²) in [5, 5.41) is 1.18. The average Bonchev–Trinajstić information content (AvgIpc) is 3.62. The number of rotatable bonds is 6. The molecule has 0 unspecified atom stereocenters. The maximum Gasteiger partial charge on any atom is 0.254 e. The van der Waals surface area contributed by atoms with Crippen LogP contribution in [-0.2, 0) is 12.8 Å². The van der Waals surface area contributed by atoms with Gasteiger partial charge in [0.2, 0.25) is 0 Å². The summed E-state index contributed by atoms with van der Waals surface area (Å²) in [5.41, 5.74) is 4.24. The summed E-state index contributed by atoms with van der Waals surface area (Å²) in [5.74, 6) is 2.38. The van der Waals surface area contributed by atoms with Gasteiger partial charge < -0.3 is 4.90 Å². The van der Waals surface area contributed by atoms with E-state index in [1.807, 2.05) is 48.0 Å². The third kappa shape index (κ3) is 4.91. The summed E-state index contributed by atoms with van der Waals surface area (Å²) in [7, 11) is 0. The molecule has 0 saturated heterocycles. The van der Waals surface area contributed by atoms with E-state index in [1.54, 1.807) is 23.1 Å². The van der Waals surface area contributed by atoms with Gasteiger partial charge in [-0.25, -0.2) is 15.0 Å². The van der Waals surface area contributed by atoms with Crippen LogP contribution in [-0.4, -0.2) is 51.3 Å². The first-order valence-corrected chi connectivity index (χ1v) is 14.5. The van der Waals surface area contributed by atoms with Crippen LogP contribution < -0.4 is 0 Å². The predicted octanol–water partition coefficient (Wildman–Crippen LogP) is 5.58. The second-order valence-electron chi connectivity index (χ2n) is 9.83. The minimum atomic E-state index is 0.0990. The van der Waals surface area contributed by atoms with Crippen LogP contribution in [0.1, 0.15) is 53.3 Å². The first kappa shape index (κ1) is 22.9. The van der Waals surface area contributed by atoms with E-state index in [2.05, 4.69) is 15.0 Å². The number of thiazole rings is 1. The van der Waals surface area contributed by atoms with Crippen molar-refractivity contribution in [3.05, 3.63) is 58.3 Å². The van der Waals surface area contributed by atoms with Gasteiger partial charge in [0.05, 0.1) is 27.5 Å². The highest BCUT2D eigenvalue weighted by atomic mass is 32.2. The van der Waals surface area contributed by atoms with Crippen molar-refractivity contribution in [2.75, 3.05) is 19.3 Å². The maximum atomic E-state index is 13.2. The SMILES string of the molecule is CSc1cnc(C[C@H]2CC[C@H](Cc3nc4ccc(C(=O)N5CCC6=C(C5)N=CC6)cc4s3)C2)nc1. The molecule has 1 fully saturated rings. The molecule has 8 heteroatoms. The second-order valence-corrected chi connectivity index (χ2v) is 11.8. The maximum absolute atomic E-state index is 13.2. The van der Waals surface area contributed by atoms with Crippen LogP contribution in [0, 0.1) is 11.8 Å². The van der Waals surface area contributed by atoms with Gasteiger partial charge in [-0.3, -0.25) is 9.79 Å². The smallest absolute Gasteiger partial charge is 0.254 e. The molecule has 180 valence electrons. The highest BCUT2D eigenvalue weighted by Crippen LogP contribution is 2.36. The number of hydrogen-bond donors (Lipinski definition) is 0. The van der Waals surface area contributed by atoms with Crippen molar-refractivity contribution in [2.45, 2.75) is 49.8 Å². The third-order valence-corrected chi connectivity index (χ3v) is 9.21. The summed E-state index contributed by atoms with van der Waals surface area (Å²) in [6, 6.07) is 5.98. The molecule has 6 nitrogen and oxygen atoms in total. The summed E-state index contributed by atoms with van der Waals surface area (Å²) in [4.78, 5) is 34.7. The van der Waals surface area contributed by atoms with Crippen LogP contribution in [0.25, 0.3) is 10.2 Å². The van der Waals surface area contributed by atoms with Gasteiger partial charge in [-0.15, -0.1) is 23.1 Å². The third-order valence-electron chi connectivity index (χ3n) is 7.49. The normalized spacial score (nSPS) is 21.8. The molecule has 3 aliphatic rings. The Labute approximate surface area is 214 Å². The van der Waals surface area contributed by atoms with Gasteiger partial charge in [0, 0.05) is 54.9 Å². The molecule has 2 aromatic heterocycles. The minimum Gasteiger partial charge on any atom is -0.332 e. The molecule has 0 N–H and O–H groups in total. The molecule has 0 spiro atoms. The average molecular weight is 504 g/mol. The zero-order valence-electron chi connectivity index (χ0n) is 19.9. The minimum absolute atomic E-state index is 0.0990. The number of thioether (sulfide) groups is 1. The Morgan fingerprint density at radius 3 is 2.83 bits per heavy atom. The largest absolute Gasteiger partial charge is 0.332 e. The van der Waals surface area contributed by atoms with Crippen molar-refractivity contribution in [1.82, 2.24) is 19.9 Å². The van der Waals surface area contributed by atoms with Crippen LogP contribution in [0.2, 0.25) is 0 Å². The molecule has 0 bridgehead atoms. The Kier molecular flexibility index (Phi) is 6.41. The first-order valence-electron chi connectivity index (χ1n) is 12.4. The van der Waals surface area contributed by atoms with Crippen molar-refractivity contribution < 1.29 is 4.79 Å². The quantitative estimate of drug-likeness (QED) is 0.411. The highest BCUT2D eigenvalue weighted by molar-refractivity contribution is 7.98. The summed E-state index contributed by atoms with van der Waals surface area (Å²) < 4.78 is 1.11. The van der Waals surface area contributed by atoms with Gasteiger partial charge in [0.25, 0.3) is 5.91 Å². The molecular weight excluding hydrogens is 474 g/mol. The number of carbonyl (C=O) groups excluding carboxylic acids is 1. The van der Waals surface area contributed by atoms with Crippen LogP contribution in [0.5, 0.6) is 0 Å².